The molecule has 0 aliphatic carbocycles. The van der Waals surface area contributed by atoms with E-state index in [4.69, 9.17) is 5.73 Å². The van der Waals surface area contributed by atoms with E-state index in [0.717, 1.165) is 16.7 Å². The summed E-state index contributed by atoms with van der Waals surface area (Å²) >= 11 is 0. The first-order chi connectivity index (χ1) is 8.52. The van der Waals surface area contributed by atoms with Crippen molar-refractivity contribution >= 4 is 11.9 Å². The first kappa shape index (κ1) is 12.6. The molecule has 3 amide bonds. The van der Waals surface area contributed by atoms with Gasteiger partial charge in [-0.25, -0.2) is 4.79 Å². The topological polar surface area (TPSA) is 66.6 Å². The van der Waals surface area contributed by atoms with Crippen LogP contribution in [0.25, 0.3) is 0 Å². The zero-order valence-electron chi connectivity index (χ0n) is 10.6. The fourth-order valence-electron chi connectivity index (χ4n) is 2.06. The summed E-state index contributed by atoms with van der Waals surface area (Å²) in [6, 6.07) is 5.61. The van der Waals surface area contributed by atoms with Crippen LogP contribution in [0.3, 0.4) is 0 Å². The van der Waals surface area contributed by atoms with Crippen LogP contribution in [0.4, 0.5) is 4.79 Å². The Balaban J connectivity index is 2.19. The van der Waals surface area contributed by atoms with Crippen LogP contribution in [0.2, 0.25) is 0 Å². The molecule has 1 fully saturated rings. The van der Waals surface area contributed by atoms with E-state index in [0.29, 0.717) is 13.1 Å². The van der Waals surface area contributed by atoms with Crippen molar-refractivity contribution in [2.24, 2.45) is 5.73 Å². The molecule has 0 aromatic heterocycles. The Morgan fingerprint density at radius 2 is 2.06 bits per heavy atom. The lowest BCUT2D eigenvalue weighted by Gasteiger charge is -2.16. The fourth-order valence-corrected chi connectivity index (χ4v) is 2.06. The Labute approximate surface area is 106 Å². The summed E-state index contributed by atoms with van der Waals surface area (Å²) < 4.78 is 0. The largest absolute Gasteiger partial charge is 0.327 e. The van der Waals surface area contributed by atoms with E-state index < -0.39 is 0 Å². The maximum atomic E-state index is 11.8. The van der Waals surface area contributed by atoms with Gasteiger partial charge in [0.15, 0.2) is 0 Å². The minimum Gasteiger partial charge on any atom is -0.326 e. The number of carbonyl (C=O) groups is 2. The maximum absolute atomic E-state index is 11.8. The fraction of sp³-hybridized carbons (Fsp3) is 0.385. The Bertz CT molecular complexity index is 499. The molecule has 0 radical (unpaired) electrons. The Hall–Kier alpha value is -1.88. The molecule has 96 valence electrons. The first-order valence-corrected chi connectivity index (χ1v) is 5.87. The molecule has 1 saturated heterocycles. The monoisotopic (exact) mass is 247 g/mol. The number of imide groups is 1. The number of hydrogen-bond acceptors (Lipinski definition) is 3. The second-order valence-electron chi connectivity index (χ2n) is 4.58. The number of urea groups is 1. The van der Waals surface area contributed by atoms with Crippen molar-refractivity contribution in [1.82, 2.24) is 9.80 Å². The van der Waals surface area contributed by atoms with Gasteiger partial charge in [0.25, 0.3) is 5.91 Å². The molecule has 18 heavy (non-hydrogen) atoms. The van der Waals surface area contributed by atoms with Crippen molar-refractivity contribution < 1.29 is 9.59 Å². The second kappa shape index (κ2) is 4.78. The molecule has 0 saturated carbocycles. The van der Waals surface area contributed by atoms with Gasteiger partial charge in [-0.3, -0.25) is 9.69 Å². The quantitative estimate of drug-likeness (QED) is 0.805. The van der Waals surface area contributed by atoms with E-state index >= 15 is 0 Å². The van der Waals surface area contributed by atoms with E-state index in [2.05, 4.69) is 0 Å². The van der Waals surface area contributed by atoms with Gasteiger partial charge >= 0.3 is 6.03 Å². The van der Waals surface area contributed by atoms with Gasteiger partial charge in [0.1, 0.15) is 6.54 Å². The summed E-state index contributed by atoms with van der Waals surface area (Å²) in [6.45, 7) is 2.95. The van der Waals surface area contributed by atoms with Crippen LogP contribution < -0.4 is 5.73 Å². The molecule has 0 unspecified atom stereocenters. The van der Waals surface area contributed by atoms with Gasteiger partial charge in [-0.05, 0) is 23.6 Å². The number of hydrogen-bond donors (Lipinski definition) is 1. The van der Waals surface area contributed by atoms with Gasteiger partial charge in [-0.1, -0.05) is 18.2 Å². The van der Waals surface area contributed by atoms with Gasteiger partial charge in [-0.2, -0.15) is 0 Å². The predicted octanol–water partition coefficient (Wildman–Crippen LogP) is 0.848. The third-order valence-corrected chi connectivity index (χ3v) is 3.20. The molecule has 1 aliphatic rings. The average Bonchev–Trinajstić information content (AvgIpc) is 2.58. The number of carbonyl (C=O) groups excluding carboxylic acids is 2. The second-order valence-corrected chi connectivity index (χ2v) is 4.58. The molecule has 2 rings (SSSR count). The van der Waals surface area contributed by atoms with E-state index in [-0.39, 0.29) is 18.5 Å². The highest BCUT2D eigenvalue weighted by Gasteiger charge is 2.33. The number of aryl methyl sites for hydroxylation is 1. The van der Waals surface area contributed by atoms with Crippen molar-refractivity contribution in [3.63, 3.8) is 0 Å². The molecular weight excluding hydrogens is 230 g/mol. The highest BCUT2D eigenvalue weighted by atomic mass is 16.2. The predicted molar refractivity (Wildman–Crippen MR) is 67.6 cm³/mol. The van der Waals surface area contributed by atoms with Gasteiger partial charge in [0, 0.05) is 13.6 Å². The van der Waals surface area contributed by atoms with Gasteiger partial charge in [-0.15, -0.1) is 0 Å². The number of nitrogens with zero attached hydrogens (tertiary/aromatic N) is 2. The number of rotatable bonds is 3. The Morgan fingerprint density at radius 3 is 2.56 bits per heavy atom. The van der Waals surface area contributed by atoms with E-state index in [1.807, 2.05) is 25.1 Å². The van der Waals surface area contributed by atoms with Crippen LogP contribution in [0.15, 0.2) is 18.2 Å². The molecule has 2 N–H and O–H groups in total. The van der Waals surface area contributed by atoms with E-state index in [1.165, 1.54) is 9.80 Å². The molecule has 1 aromatic carbocycles. The summed E-state index contributed by atoms with van der Waals surface area (Å²) in [4.78, 5) is 26.1. The lowest BCUT2D eigenvalue weighted by Crippen LogP contribution is -2.31. The van der Waals surface area contributed by atoms with Crippen LogP contribution in [-0.2, 0) is 17.9 Å². The maximum Gasteiger partial charge on any atom is 0.327 e. The zero-order valence-corrected chi connectivity index (χ0v) is 10.6. The van der Waals surface area contributed by atoms with Crippen molar-refractivity contribution in [3.8, 4) is 0 Å². The molecule has 0 atom stereocenters. The summed E-state index contributed by atoms with van der Waals surface area (Å²) in [6.07, 6.45) is 0. The van der Waals surface area contributed by atoms with Crippen molar-refractivity contribution in [2.75, 3.05) is 13.6 Å². The Morgan fingerprint density at radius 1 is 1.33 bits per heavy atom. The Kier molecular flexibility index (Phi) is 3.34. The van der Waals surface area contributed by atoms with E-state index in [9.17, 15) is 9.59 Å². The average molecular weight is 247 g/mol. The van der Waals surface area contributed by atoms with Crippen LogP contribution in [0, 0.1) is 6.92 Å². The van der Waals surface area contributed by atoms with Crippen LogP contribution >= 0.6 is 0 Å². The minimum atomic E-state index is -0.234. The summed E-state index contributed by atoms with van der Waals surface area (Å²) in [7, 11) is 1.63. The summed E-state index contributed by atoms with van der Waals surface area (Å²) in [5, 5.41) is 0. The number of likely N-dealkylation sites (N-methyl/N-ethyl adjacent to an activating group) is 1. The van der Waals surface area contributed by atoms with Crippen LogP contribution in [0.1, 0.15) is 16.7 Å². The smallest absolute Gasteiger partial charge is 0.326 e. The highest BCUT2D eigenvalue weighted by Crippen LogP contribution is 2.17. The molecule has 0 spiro atoms. The van der Waals surface area contributed by atoms with Crippen molar-refractivity contribution in [3.05, 3.63) is 34.9 Å². The minimum absolute atomic E-state index is 0.148. The normalized spacial score (nSPS) is 15.7. The number of amides is 3. The van der Waals surface area contributed by atoms with Crippen molar-refractivity contribution in [1.29, 1.82) is 0 Å². The standard InChI is InChI=1S/C13H17N3O2/c1-9-5-10(6-14)3-4-11(9)7-16-12(17)8-15(2)13(16)18/h3-5H,6-8,14H2,1-2H3. The highest BCUT2D eigenvalue weighted by molar-refractivity contribution is 6.01. The molecule has 1 aliphatic heterocycles. The molecule has 5 nitrogen and oxygen atoms in total. The van der Waals surface area contributed by atoms with Gasteiger partial charge < -0.3 is 10.6 Å². The summed E-state index contributed by atoms with van der Waals surface area (Å²) in [5.74, 6) is -0.148. The first-order valence-electron chi connectivity index (χ1n) is 5.87. The lowest BCUT2D eigenvalue weighted by atomic mass is 10.0. The molecule has 0 bridgehead atoms. The number of nitrogens with two attached hydrogens (primary N) is 1. The third-order valence-electron chi connectivity index (χ3n) is 3.20. The lowest BCUT2D eigenvalue weighted by molar-refractivity contribution is -0.125. The zero-order chi connectivity index (χ0) is 13.3. The third kappa shape index (κ3) is 2.22. The molecule has 1 aromatic rings. The molecule has 1 heterocycles. The number of benzene rings is 1. The van der Waals surface area contributed by atoms with Crippen LogP contribution in [-0.4, -0.2) is 35.3 Å². The molecular formula is C13H17N3O2. The van der Waals surface area contributed by atoms with Gasteiger partial charge in [0.05, 0.1) is 6.54 Å². The summed E-state index contributed by atoms with van der Waals surface area (Å²) in [5.41, 5.74) is 8.64. The van der Waals surface area contributed by atoms with Gasteiger partial charge in [0.2, 0.25) is 0 Å². The van der Waals surface area contributed by atoms with Crippen molar-refractivity contribution in [2.45, 2.75) is 20.0 Å². The van der Waals surface area contributed by atoms with Crippen LogP contribution in [0.5, 0.6) is 0 Å². The van der Waals surface area contributed by atoms with E-state index in [1.54, 1.807) is 7.05 Å². The SMILES string of the molecule is Cc1cc(CN)ccc1CN1C(=O)CN(C)C1=O. The molecule has 5 heteroatoms.